The molecule has 2 N–H and O–H groups in total. The monoisotopic (exact) mass is 370 g/mol. The number of para-hydroxylation sites is 1. The van der Waals surface area contributed by atoms with Crippen LogP contribution in [0.1, 0.15) is 11.1 Å². The van der Waals surface area contributed by atoms with Crippen LogP contribution in [-0.2, 0) is 0 Å². The van der Waals surface area contributed by atoms with E-state index in [1.165, 1.54) is 0 Å². The summed E-state index contributed by atoms with van der Waals surface area (Å²) in [6, 6.07) is 22.0. The highest BCUT2D eigenvalue weighted by Gasteiger charge is 2.11. The Morgan fingerprint density at radius 3 is 2.48 bits per heavy atom. The van der Waals surface area contributed by atoms with E-state index in [1.807, 2.05) is 54.6 Å². The first kappa shape index (κ1) is 15.9. The van der Waals surface area contributed by atoms with Gasteiger partial charge in [-0.15, -0.1) is 0 Å². The molecule has 0 unspecified atom stereocenters. The van der Waals surface area contributed by atoms with Crippen molar-refractivity contribution < 1.29 is 0 Å². The van der Waals surface area contributed by atoms with Gasteiger partial charge in [0.05, 0.1) is 16.6 Å². The molecule has 0 aliphatic rings. The predicted molar refractivity (Wildman–Crippen MR) is 112 cm³/mol. The number of rotatable bonds is 3. The van der Waals surface area contributed by atoms with Gasteiger partial charge in [0.2, 0.25) is 0 Å². The molecule has 2 heterocycles. The fourth-order valence-electron chi connectivity index (χ4n) is 3.16. The number of fused-ring (bicyclic) bond motifs is 2. The summed E-state index contributed by atoms with van der Waals surface area (Å²) in [6.07, 6.45) is 4.14. The first-order valence-electron chi connectivity index (χ1n) is 8.63. The molecule has 0 atom stereocenters. The van der Waals surface area contributed by atoms with Gasteiger partial charge in [-0.25, -0.2) is 4.98 Å². The van der Waals surface area contributed by atoms with E-state index in [-0.39, 0.29) is 0 Å². The number of hydrogen-bond donors (Lipinski definition) is 2. The number of aromatic amines is 2. The topological polar surface area (TPSA) is 57.4 Å². The Balaban J connectivity index is 1.50. The Hall–Kier alpha value is -3.37. The molecular weight excluding hydrogens is 356 g/mol. The van der Waals surface area contributed by atoms with Crippen molar-refractivity contribution in [2.45, 2.75) is 0 Å². The quantitative estimate of drug-likeness (QED) is 0.387. The van der Waals surface area contributed by atoms with Crippen LogP contribution in [0.2, 0.25) is 5.02 Å². The lowest BCUT2D eigenvalue weighted by atomic mass is 10.1. The first-order valence-corrected chi connectivity index (χ1v) is 9.01. The fraction of sp³-hybridized carbons (Fsp3) is 0. The number of nitrogens with one attached hydrogen (secondary N) is 2. The van der Waals surface area contributed by atoms with E-state index in [4.69, 9.17) is 16.6 Å². The summed E-state index contributed by atoms with van der Waals surface area (Å²) < 4.78 is 0. The van der Waals surface area contributed by atoms with Gasteiger partial charge in [-0.1, -0.05) is 60.2 Å². The lowest BCUT2D eigenvalue weighted by Gasteiger charge is -1.95. The number of hydrogen-bond acceptors (Lipinski definition) is 2. The van der Waals surface area contributed by atoms with Crippen LogP contribution in [0.5, 0.6) is 0 Å². The molecule has 3 aromatic carbocycles. The highest BCUT2D eigenvalue weighted by Crippen LogP contribution is 2.26. The molecule has 0 saturated heterocycles. The minimum absolute atomic E-state index is 0.741. The molecular formula is C22H15ClN4. The molecule has 0 aliphatic heterocycles. The average molecular weight is 371 g/mol. The largest absolute Gasteiger partial charge is 0.337 e. The Morgan fingerprint density at radius 2 is 1.59 bits per heavy atom. The minimum atomic E-state index is 0.741. The van der Waals surface area contributed by atoms with Crippen LogP contribution in [0.15, 0.2) is 66.7 Å². The number of H-pyrrole nitrogens is 2. The van der Waals surface area contributed by atoms with Crippen molar-refractivity contribution in [2.24, 2.45) is 0 Å². The SMILES string of the molecule is Clc1ccc(C=Cc2ccc3nc(-c4[nH]nc5ccccc45)[nH]c3c2)cc1. The van der Waals surface area contributed by atoms with Gasteiger partial charge in [0.25, 0.3) is 0 Å². The van der Waals surface area contributed by atoms with Crippen molar-refractivity contribution in [3.63, 3.8) is 0 Å². The van der Waals surface area contributed by atoms with Crippen molar-refractivity contribution in [2.75, 3.05) is 0 Å². The third kappa shape index (κ3) is 3.00. The normalized spacial score (nSPS) is 11.7. The van der Waals surface area contributed by atoms with Crippen molar-refractivity contribution >= 4 is 45.7 Å². The second-order valence-electron chi connectivity index (χ2n) is 6.36. The molecule has 2 aromatic heterocycles. The van der Waals surface area contributed by atoms with Gasteiger partial charge < -0.3 is 4.98 Å². The lowest BCUT2D eigenvalue weighted by Crippen LogP contribution is -1.80. The van der Waals surface area contributed by atoms with Crippen LogP contribution in [0.25, 0.3) is 45.6 Å². The predicted octanol–water partition coefficient (Wildman–Crippen LogP) is 5.93. The molecule has 5 aromatic rings. The summed E-state index contributed by atoms with van der Waals surface area (Å²) >= 11 is 5.93. The van der Waals surface area contributed by atoms with Crippen LogP contribution >= 0.6 is 11.6 Å². The molecule has 0 radical (unpaired) electrons. The Labute approximate surface area is 160 Å². The van der Waals surface area contributed by atoms with Crippen molar-refractivity contribution in [3.8, 4) is 11.5 Å². The first-order chi connectivity index (χ1) is 13.3. The van der Waals surface area contributed by atoms with Crippen LogP contribution in [0, 0.1) is 0 Å². The molecule has 0 saturated carbocycles. The minimum Gasteiger partial charge on any atom is -0.337 e. The molecule has 5 heteroatoms. The second kappa shape index (κ2) is 6.41. The number of halogens is 1. The van der Waals surface area contributed by atoms with E-state index in [0.717, 1.165) is 49.6 Å². The summed E-state index contributed by atoms with van der Waals surface area (Å²) in [5, 5.41) is 9.23. The highest BCUT2D eigenvalue weighted by atomic mass is 35.5. The van der Waals surface area contributed by atoms with E-state index >= 15 is 0 Å². The Morgan fingerprint density at radius 1 is 0.815 bits per heavy atom. The third-order valence-corrected chi connectivity index (χ3v) is 4.79. The van der Waals surface area contributed by atoms with Gasteiger partial charge >= 0.3 is 0 Å². The Kier molecular flexibility index (Phi) is 3.77. The standard InChI is InChI=1S/C22H15ClN4/c23-16-10-7-14(8-11-16)5-6-15-9-12-19-20(13-15)25-22(24-19)21-17-3-1-2-4-18(17)26-27-21/h1-13H,(H,24,25)(H,26,27). The average Bonchev–Trinajstić information content (AvgIpc) is 3.31. The van der Waals surface area contributed by atoms with E-state index in [1.54, 1.807) is 0 Å². The second-order valence-corrected chi connectivity index (χ2v) is 6.80. The third-order valence-electron chi connectivity index (χ3n) is 4.54. The van der Waals surface area contributed by atoms with Crippen molar-refractivity contribution in [1.82, 2.24) is 20.2 Å². The Bertz CT molecular complexity index is 1280. The zero-order valence-electron chi connectivity index (χ0n) is 14.3. The van der Waals surface area contributed by atoms with E-state index in [2.05, 4.69) is 39.5 Å². The van der Waals surface area contributed by atoms with Gasteiger partial charge in [-0.3, -0.25) is 5.10 Å². The number of imidazole rings is 1. The molecule has 4 nitrogen and oxygen atoms in total. The fourth-order valence-corrected chi connectivity index (χ4v) is 3.28. The van der Waals surface area contributed by atoms with E-state index in [9.17, 15) is 0 Å². The van der Waals surface area contributed by atoms with Gasteiger partial charge in [-0.05, 0) is 41.5 Å². The van der Waals surface area contributed by atoms with E-state index < -0.39 is 0 Å². The van der Waals surface area contributed by atoms with Crippen LogP contribution in [0.3, 0.4) is 0 Å². The summed E-state index contributed by atoms with van der Waals surface area (Å²) in [7, 11) is 0. The van der Waals surface area contributed by atoms with Crippen LogP contribution in [-0.4, -0.2) is 20.2 Å². The molecule has 0 bridgehead atoms. The number of nitrogens with zero attached hydrogens (tertiary/aromatic N) is 2. The van der Waals surface area contributed by atoms with Crippen LogP contribution < -0.4 is 0 Å². The van der Waals surface area contributed by atoms with Crippen molar-refractivity contribution in [3.05, 3.63) is 82.9 Å². The van der Waals surface area contributed by atoms with Gasteiger partial charge in [-0.2, -0.15) is 5.10 Å². The number of aromatic nitrogens is 4. The number of benzene rings is 3. The molecule has 27 heavy (non-hydrogen) atoms. The smallest absolute Gasteiger partial charge is 0.157 e. The maximum Gasteiger partial charge on any atom is 0.157 e. The summed E-state index contributed by atoms with van der Waals surface area (Å²) in [6.45, 7) is 0. The van der Waals surface area contributed by atoms with E-state index in [0.29, 0.717) is 0 Å². The summed E-state index contributed by atoms with van der Waals surface area (Å²) in [4.78, 5) is 8.11. The summed E-state index contributed by atoms with van der Waals surface area (Å²) in [5.74, 6) is 0.789. The maximum atomic E-state index is 5.93. The maximum absolute atomic E-state index is 5.93. The van der Waals surface area contributed by atoms with Gasteiger partial charge in [0.1, 0.15) is 5.69 Å². The highest BCUT2D eigenvalue weighted by molar-refractivity contribution is 6.30. The molecule has 130 valence electrons. The molecule has 0 spiro atoms. The van der Waals surface area contributed by atoms with Gasteiger partial charge in [0, 0.05) is 10.4 Å². The summed E-state index contributed by atoms with van der Waals surface area (Å²) in [5.41, 5.74) is 5.95. The molecule has 0 aliphatic carbocycles. The zero-order chi connectivity index (χ0) is 18.2. The molecule has 5 rings (SSSR count). The molecule has 0 fully saturated rings. The van der Waals surface area contributed by atoms with Gasteiger partial charge in [0.15, 0.2) is 5.82 Å². The van der Waals surface area contributed by atoms with Crippen molar-refractivity contribution in [1.29, 1.82) is 0 Å². The van der Waals surface area contributed by atoms with Crippen LogP contribution in [0.4, 0.5) is 0 Å². The zero-order valence-corrected chi connectivity index (χ0v) is 15.0. The lowest BCUT2D eigenvalue weighted by molar-refractivity contribution is 1.11. The molecule has 0 amide bonds.